The van der Waals surface area contributed by atoms with E-state index >= 15 is 0 Å². The summed E-state index contributed by atoms with van der Waals surface area (Å²) in [6.07, 6.45) is 1.62. The van der Waals surface area contributed by atoms with E-state index < -0.39 is 0 Å². The predicted molar refractivity (Wildman–Crippen MR) is 110 cm³/mol. The Hall–Kier alpha value is -2.29. The lowest BCUT2D eigenvalue weighted by Gasteiger charge is -2.10. The minimum atomic E-state index is -0.146. The molecule has 9 heteroatoms. The number of hydrogen-bond donors (Lipinski definition) is 1. The number of furan rings is 1. The molecule has 0 aliphatic carbocycles. The Morgan fingerprint density at radius 3 is 2.82 bits per heavy atom. The molecule has 1 N–H and O–H groups in total. The number of amides is 1. The maximum absolute atomic E-state index is 12.3. The zero-order valence-corrected chi connectivity index (χ0v) is 17.4. The molecule has 2 aromatic heterocycles. The van der Waals surface area contributed by atoms with Crippen molar-refractivity contribution in [3.05, 3.63) is 46.9 Å². The molecule has 1 aromatic carbocycles. The van der Waals surface area contributed by atoms with Crippen molar-refractivity contribution in [3.63, 3.8) is 0 Å². The van der Waals surface area contributed by atoms with Crippen LogP contribution in [0.1, 0.15) is 11.3 Å². The predicted octanol–water partition coefficient (Wildman–Crippen LogP) is 4.19. The van der Waals surface area contributed by atoms with Crippen molar-refractivity contribution in [2.45, 2.75) is 25.5 Å². The van der Waals surface area contributed by atoms with Gasteiger partial charge in [0.2, 0.25) is 5.91 Å². The highest BCUT2D eigenvalue weighted by molar-refractivity contribution is 7.99. The topological polar surface area (TPSA) is 82.2 Å². The first-order valence-electron chi connectivity index (χ1n) is 8.65. The number of aryl methyl sites for hydroxylation is 2. The number of nitrogens with one attached hydrogen (secondary N) is 1. The van der Waals surface area contributed by atoms with Crippen LogP contribution in [0.25, 0.3) is 11.4 Å². The zero-order valence-electron chi connectivity index (χ0n) is 15.9. The van der Waals surface area contributed by atoms with Gasteiger partial charge in [-0.15, -0.1) is 10.2 Å². The molecule has 3 rings (SSSR count). The van der Waals surface area contributed by atoms with Gasteiger partial charge in [0, 0.05) is 17.8 Å². The number of carbonyl (C=O) groups excluding carboxylic acids is 1. The maximum Gasteiger partial charge on any atom is 0.234 e. The Kier molecular flexibility index (Phi) is 6.77. The third kappa shape index (κ3) is 4.76. The van der Waals surface area contributed by atoms with Crippen LogP contribution in [-0.4, -0.2) is 40.1 Å². The van der Waals surface area contributed by atoms with Gasteiger partial charge in [-0.1, -0.05) is 29.4 Å². The second kappa shape index (κ2) is 9.27. The molecule has 0 saturated carbocycles. The fourth-order valence-corrected chi connectivity index (χ4v) is 3.54. The van der Waals surface area contributed by atoms with Crippen LogP contribution in [0.4, 0.5) is 5.69 Å². The fourth-order valence-electron chi connectivity index (χ4n) is 2.59. The smallest absolute Gasteiger partial charge is 0.234 e. The van der Waals surface area contributed by atoms with Crippen LogP contribution >= 0.6 is 23.4 Å². The number of ether oxygens (including phenoxy) is 1. The first-order valence-corrected chi connectivity index (χ1v) is 10.0. The fraction of sp³-hybridized carbons (Fsp3) is 0.316. The van der Waals surface area contributed by atoms with Gasteiger partial charge in [-0.05, 0) is 37.6 Å². The summed E-state index contributed by atoms with van der Waals surface area (Å²) in [6.45, 7) is 4.86. The van der Waals surface area contributed by atoms with Gasteiger partial charge < -0.3 is 14.5 Å². The minimum Gasteiger partial charge on any atom is -0.469 e. The molecule has 0 fully saturated rings. The molecule has 7 nitrogen and oxygen atoms in total. The molecule has 3 aromatic rings. The van der Waals surface area contributed by atoms with Gasteiger partial charge in [0.1, 0.15) is 5.76 Å². The lowest BCUT2D eigenvalue weighted by Crippen LogP contribution is -2.15. The molecule has 0 spiro atoms. The van der Waals surface area contributed by atoms with E-state index in [-0.39, 0.29) is 11.7 Å². The van der Waals surface area contributed by atoms with Crippen molar-refractivity contribution in [1.82, 2.24) is 14.8 Å². The highest BCUT2D eigenvalue weighted by Gasteiger charge is 2.18. The average Bonchev–Trinajstić information content (AvgIpc) is 3.26. The number of methoxy groups -OCH3 is 1. The van der Waals surface area contributed by atoms with E-state index in [0.29, 0.717) is 34.8 Å². The van der Waals surface area contributed by atoms with Crippen molar-refractivity contribution in [2.24, 2.45) is 0 Å². The van der Waals surface area contributed by atoms with Crippen molar-refractivity contribution in [2.75, 3.05) is 24.8 Å². The van der Waals surface area contributed by atoms with E-state index in [2.05, 4.69) is 15.5 Å². The van der Waals surface area contributed by atoms with E-state index in [4.69, 9.17) is 20.8 Å². The lowest BCUT2D eigenvalue weighted by molar-refractivity contribution is -0.113. The van der Waals surface area contributed by atoms with Crippen LogP contribution in [0.15, 0.2) is 40.1 Å². The normalized spacial score (nSPS) is 11.0. The van der Waals surface area contributed by atoms with E-state index in [9.17, 15) is 4.79 Å². The highest BCUT2D eigenvalue weighted by atomic mass is 35.5. The van der Waals surface area contributed by atoms with E-state index in [0.717, 1.165) is 16.9 Å². The summed E-state index contributed by atoms with van der Waals surface area (Å²) in [7, 11) is 1.64. The van der Waals surface area contributed by atoms with Gasteiger partial charge in [-0.3, -0.25) is 9.36 Å². The first kappa shape index (κ1) is 20.4. The molecule has 148 valence electrons. The van der Waals surface area contributed by atoms with Crippen LogP contribution < -0.4 is 5.32 Å². The number of rotatable bonds is 8. The van der Waals surface area contributed by atoms with Crippen LogP contribution in [0.2, 0.25) is 5.02 Å². The largest absolute Gasteiger partial charge is 0.469 e. The number of carbonyl (C=O) groups is 1. The second-order valence-corrected chi connectivity index (χ2v) is 7.49. The Morgan fingerprint density at radius 1 is 1.32 bits per heavy atom. The number of aromatic nitrogens is 3. The van der Waals surface area contributed by atoms with Gasteiger partial charge in [-0.2, -0.15) is 0 Å². The van der Waals surface area contributed by atoms with Gasteiger partial charge >= 0.3 is 0 Å². The van der Waals surface area contributed by atoms with Gasteiger partial charge in [0.15, 0.2) is 11.0 Å². The zero-order chi connectivity index (χ0) is 20.1. The second-order valence-electron chi connectivity index (χ2n) is 6.14. The highest BCUT2D eigenvalue weighted by Crippen LogP contribution is 2.27. The summed E-state index contributed by atoms with van der Waals surface area (Å²) in [5, 5.41) is 12.6. The first-order chi connectivity index (χ1) is 13.5. The molecular formula is C19H21ClN4O3S. The molecular weight excluding hydrogens is 400 g/mol. The van der Waals surface area contributed by atoms with Crippen molar-refractivity contribution in [3.8, 4) is 11.4 Å². The number of benzene rings is 1. The number of hydrogen-bond acceptors (Lipinski definition) is 6. The Labute approximate surface area is 172 Å². The number of thioether (sulfide) groups is 1. The van der Waals surface area contributed by atoms with E-state index in [1.165, 1.54) is 11.8 Å². The van der Waals surface area contributed by atoms with E-state index in [1.54, 1.807) is 19.4 Å². The Bertz CT molecular complexity index is 970. The van der Waals surface area contributed by atoms with Crippen molar-refractivity contribution in [1.29, 1.82) is 0 Å². The Morgan fingerprint density at radius 2 is 2.14 bits per heavy atom. The van der Waals surface area contributed by atoms with Gasteiger partial charge in [0.25, 0.3) is 0 Å². The van der Waals surface area contributed by atoms with Gasteiger partial charge in [-0.25, -0.2) is 0 Å². The third-order valence-electron chi connectivity index (χ3n) is 4.12. The molecule has 1 amide bonds. The molecule has 0 aliphatic heterocycles. The number of anilines is 1. The molecule has 0 unspecified atom stereocenters. The van der Waals surface area contributed by atoms with Crippen LogP contribution in [-0.2, 0) is 16.1 Å². The van der Waals surface area contributed by atoms with E-state index in [1.807, 2.05) is 36.6 Å². The summed E-state index contributed by atoms with van der Waals surface area (Å²) in [5.74, 6) is 1.50. The molecule has 0 radical (unpaired) electrons. The lowest BCUT2D eigenvalue weighted by atomic mass is 10.2. The molecule has 2 heterocycles. The molecule has 0 atom stereocenters. The summed E-state index contributed by atoms with van der Waals surface area (Å²) < 4.78 is 12.5. The van der Waals surface area contributed by atoms with Crippen molar-refractivity contribution < 1.29 is 13.9 Å². The molecule has 0 aliphatic rings. The number of nitrogens with zero attached hydrogens (tertiary/aromatic N) is 3. The Balaban J connectivity index is 1.71. The number of halogens is 1. The summed E-state index contributed by atoms with van der Waals surface area (Å²) in [6, 6.07) is 7.28. The average molecular weight is 421 g/mol. The molecule has 28 heavy (non-hydrogen) atoms. The molecule has 0 bridgehead atoms. The van der Waals surface area contributed by atoms with Crippen LogP contribution in [0, 0.1) is 13.8 Å². The summed E-state index contributed by atoms with van der Waals surface area (Å²) in [4.78, 5) is 12.3. The minimum absolute atomic E-state index is 0.146. The molecule has 0 saturated heterocycles. The van der Waals surface area contributed by atoms with Crippen molar-refractivity contribution >= 4 is 35.0 Å². The summed E-state index contributed by atoms with van der Waals surface area (Å²) >= 11 is 7.42. The third-order valence-corrected chi connectivity index (χ3v) is 5.50. The van der Waals surface area contributed by atoms with Crippen LogP contribution in [0.3, 0.4) is 0 Å². The van der Waals surface area contributed by atoms with Crippen LogP contribution in [0.5, 0.6) is 0 Å². The van der Waals surface area contributed by atoms with Gasteiger partial charge in [0.05, 0.1) is 30.7 Å². The quantitative estimate of drug-likeness (QED) is 0.550. The SMILES string of the molecule is COCCn1c(SCC(=O)Nc2ccc(C)c(Cl)c2)nnc1-c1ccoc1C. The maximum atomic E-state index is 12.3. The summed E-state index contributed by atoms with van der Waals surface area (Å²) in [5.41, 5.74) is 2.49. The monoisotopic (exact) mass is 420 g/mol. The standard InChI is InChI=1S/C19H21ClN4O3S/c1-12-4-5-14(10-16(12)20)21-17(25)11-28-19-23-22-18(24(19)7-9-26-3)15-6-8-27-13(15)2/h4-6,8,10H,7,9,11H2,1-3H3,(H,21,25).